The molecular formula is C17H22BNO3. The van der Waals surface area contributed by atoms with Gasteiger partial charge in [-0.3, -0.25) is 0 Å². The summed E-state index contributed by atoms with van der Waals surface area (Å²) in [5.74, 6) is -0.102. The standard InChI is InChI=1S/C17H22BNO3/c1-16(2)17(3,4)22-18(21-16)15(19)13-6-5-12-10-14(20)8-7-11(12)9-13/h5-10,15,20H,19H2,1-4H3/t15-/m1/s1. The zero-order chi connectivity index (χ0) is 16.1. The molecular weight excluding hydrogens is 277 g/mol. The first kappa shape index (κ1) is 15.3. The molecule has 1 aliphatic heterocycles. The lowest BCUT2D eigenvalue weighted by Gasteiger charge is -2.32. The van der Waals surface area contributed by atoms with Crippen molar-refractivity contribution in [3.05, 3.63) is 42.0 Å². The van der Waals surface area contributed by atoms with Crippen LogP contribution in [0.1, 0.15) is 39.2 Å². The molecule has 0 spiro atoms. The minimum Gasteiger partial charge on any atom is -0.508 e. The zero-order valence-electron chi connectivity index (χ0n) is 13.5. The maximum Gasteiger partial charge on any atom is 0.480 e. The minimum absolute atomic E-state index is 0.260. The third-order valence-electron chi connectivity index (χ3n) is 4.80. The number of nitrogens with two attached hydrogens (primary N) is 1. The number of hydrogen-bond acceptors (Lipinski definition) is 4. The van der Waals surface area contributed by atoms with Crippen LogP contribution >= 0.6 is 0 Å². The first-order valence-electron chi connectivity index (χ1n) is 7.53. The summed E-state index contributed by atoms with van der Waals surface area (Å²) in [4.78, 5) is 0. The van der Waals surface area contributed by atoms with Gasteiger partial charge in [-0.15, -0.1) is 0 Å². The summed E-state index contributed by atoms with van der Waals surface area (Å²) in [7, 11) is -0.473. The predicted octanol–water partition coefficient (Wildman–Crippen LogP) is 3.18. The number of phenols is 1. The molecule has 116 valence electrons. The van der Waals surface area contributed by atoms with Gasteiger partial charge < -0.3 is 20.1 Å². The lowest BCUT2D eigenvalue weighted by Crippen LogP contribution is -2.41. The topological polar surface area (TPSA) is 64.7 Å². The van der Waals surface area contributed by atoms with Crippen molar-refractivity contribution in [3.8, 4) is 5.75 Å². The van der Waals surface area contributed by atoms with E-state index >= 15 is 0 Å². The first-order valence-corrected chi connectivity index (χ1v) is 7.53. The third kappa shape index (κ3) is 2.49. The summed E-state index contributed by atoms with van der Waals surface area (Å²) in [5.41, 5.74) is 6.54. The number of aromatic hydroxyl groups is 1. The predicted molar refractivity (Wildman–Crippen MR) is 88.6 cm³/mol. The first-order chi connectivity index (χ1) is 10.2. The normalized spacial score (nSPS) is 21.2. The van der Waals surface area contributed by atoms with Crippen molar-refractivity contribution >= 4 is 17.9 Å². The van der Waals surface area contributed by atoms with Gasteiger partial charge >= 0.3 is 7.12 Å². The number of rotatable bonds is 2. The van der Waals surface area contributed by atoms with Crippen LogP contribution in [0.4, 0.5) is 0 Å². The highest BCUT2D eigenvalue weighted by atomic mass is 16.7. The van der Waals surface area contributed by atoms with Gasteiger partial charge in [-0.25, -0.2) is 0 Å². The molecule has 1 heterocycles. The molecule has 0 aromatic heterocycles. The van der Waals surface area contributed by atoms with Crippen LogP contribution < -0.4 is 5.73 Å². The van der Waals surface area contributed by atoms with Crippen LogP contribution in [0.3, 0.4) is 0 Å². The number of fused-ring (bicyclic) bond motifs is 1. The SMILES string of the molecule is CC1(C)OB([C@H](N)c2ccc3cc(O)ccc3c2)OC1(C)C. The second-order valence-corrected chi connectivity index (χ2v) is 6.94. The highest BCUT2D eigenvalue weighted by molar-refractivity contribution is 6.47. The Kier molecular flexibility index (Phi) is 3.47. The van der Waals surface area contributed by atoms with E-state index < -0.39 is 18.3 Å². The van der Waals surface area contributed by atoms with E-state index in [0.29, 0.717) is 0 Å². The molecule has 5 heteroatoms. The average molecular weight is 299 g/mol. The lowest BCUT2D eigenvalue weighted by atomic mass is 9.74. The molecule has 1 atom stereocenters. The van der Waals surface area contributed by atoms with Crippen LogP contribution in [-0.4, -0.2) is 23.4 Å². The summed E-state index contributed by atoms with van der Waals surface area (Å²) in [6.07, 6.45) is 0. The summed E-state index contributed by atoms with van der Waals surface area (Å²) in [6, 6.07) is 11.2. The molecule has 3 rings (SSSR count). The fourth-order valence-electron chi connectivity index (χ4n) is 2.65. The largest absolute Gasteiger partial charge is 0.508 e. The van der Waals surface area contributed by atoms with Crippen LogP contribution in [0.25, 0.3) is 10.8 Å². The molecule has 2 aromatic carbocycles. The number of benzene rings is 2. The van der Waals surface area contributed by atoms with Gasteiger partial charge in [-0.05, 0) is 56.2 Å². The van der Waals surface area contributed by atoms with Gasteiger partial charge in [0, 0.05) is 0 Å². The molecule has 0 radical (unpaired) electrons. The quantitative estimate of drug-likeness (QED) is 0.836. The van der Waals surface area contributed by atoms with Crippen molar-refractivity contribution < 1.29 is 14.4 Å². The van der Waals surface area contributed by atoms with Crippen LogP contribution in [0, 0.1) is 0 Å². The second kappa shape index (κ2) is 4.98. The molecule has 0 bridgehead atoms. The van der Waals surface area contributed by atoms with E-state index in [-0.39, 0.29) is 11.7 Å². The molecule has 1 saturated heterocycles. The van der Waals surface area contributed by atoms with Crippen molar-refractivity contribution in [3.63, 3.8) is 0 Å². The Morgan fingerprint density at radius 1 is 0.955 bits per heavy atom. The average Bonchev–Trinajstić information content (AvgIpc) is 2.66. The Balaban J connectivity index is 1.90. The summed E-state index contributed by atoms with van der Waals surface area (Å²) < 4.78 is 12.0. The van der Waals surface area contributed by atoms with E-state index in [0.717, 1.165) is 16.3 Å². The zero-order valence-corrected chi connectivity index (χ0v) is 13.5. The Labute approximate surface area is 131 Å². The van der Waals surface area contributed by atoms with Crippen molar-refractivity contribution in [1.29, 1.82) is 0 Å². The van der Waals surface area contributed by atoms with Crippen LogP contribution in [0.2, 0.25) is 0 Å². The van der Waals surface area contributed by atoms with Gasteiger partial charge in [-0.1, -0.05) is 24.3 Å². The van der Waals surface area contributed by atoms with Gasteiger partial charge in [0.05, 0.1) is 17.1 Å². The van der Waals surface area contributed by atoms with Crippen molar-refractivity contribution in [2.75, 3.05) is 0 Å². The van der Waals surface area contributed by atoms with E-state index in [4.69, 9.17) is 15.0 Å². The van der Waals surface area contributed by atoms with Gasteiger partial charge in [0.2, 0.25) is 0 Å². The van der Waals surface area contributed by atoms with Crippen LogP contribution in [0.5, 0.6) is 5.75 Å². The molecule has 0 aliphatic carbocycles. The molecule has 0 saturated carbocycles. The number of hydrogen-bond donors (Lipinski definition) is 2. The fourth-order valence-corrected chi connectivity index (χ4v) is 2.65. The van der Waals surface area contributed by atoms with Gasteiger partial charge in [0.1, 0.15) is 5.75 Å². The lowest BCUT2D eigenvalue weighted by molar-refractivity contribution is 0.00578. The maximum absolute atomic E-state index is 9.53. The van der Waals surface area contributed by atoms with E-state index in [1.165, 1.54) is 0 Å². The molecule has 0 amide bonds. The van der Waals surface area contributed by atoms with E-state index in [1.54, 1.807) is 12.1 Å². The maximum atomic E-state index is 9.53. The Morgan fingerprint density at radius 2 is 1.50 bits per heavy atom. The molecule has 1 fully saturated rings. The molecule has 3 N–H and O–H groups in total. The fraction of sp³-hybridized carbons (Fsp3) is 0.412. The smallest absolute Gasteiger partial charge is 0.480 e. The summed E-state index contributed by atoms with van der Waals surface area (Å²) in [6.45, 7) is 8.07. The summed E-state index contributed by atoms with van der Waals surface area (Å²) >= 11 is 0. The van der Waals surface area contributed by atoms with Crippen molar-refractivity contribution in [2.24, 2.45) is 5.73 Å². The van der Waals surface area contributed by atoms with Crippen molar-refractivity contribution in [1.82, 2.24) is 0 Å². The number of phenolic OH excluding ortho intramolecular Hbond substituents is 1. The molecule has 1 aliphatic rings. The van der Waals surface area contributed by atoms with Crippen LogP contribution in [-0.2, 0) is 9.31 Å². The Hall–Kier alpha value is -1.56. The van der Waals surface area contributed by atoms with Crippen molar-refractivity contribution in [2.45, 2.75) is 44.8 Å². The van der Waals surface area contributed by atoms with Gasteiger partial charge in [0.25, 0.3) is 0 Å². The highest BCUT2D eigenvalue weighted by Gasteiger charge is 2.53. The van der Waals surface area contributed by atoms with E-state index in [2.05, 4.69) is 0 Å². The minimum atomic E-state index is -0.473. The third-order valence-corrected chi connectivity index (χ3v) is 4.80. The summed E-state index contributed by atoms with van der Waals surface area (Å²) in [5, 5.41) is 11.5. The second-order valence-electron chi connectivity index (χ2n) is 6.94. The van der Waals surface area contributed by atoms with E-state index in [9.17, 15) is 5.11 Å². The van der Waals surface area contributed by atoms with Crippen LogP contribution in [0.15, 0.2) is 36.4 Å². The van der Waals surface area contributed by atoms with Gasteiger partial charge in [-0.2, -0.15) is 0 Å². The Bertz CT molecular complexity index is 698. The monoisotopic (exact) mass is 299 g/mol. The Morgan fingerprint density at radius 3 is 2.14 bits per heavy atom. The molecule has 22 heavy (non-hydrogen) atoms. The molecule has 0 unspecified atom stereocenters. The molecule has 2 aromatic rings. The van der Waals surface area contributed by atoms with Gasteiger partial charge in [0.15, 0.2) is 0 Å². The molecule has 4 nitrogen and oxygen atoms in total. The van der Waals surface area contributed by atoms with E-state index in [1.807, 2.05) is 52.0 Å². The highest BCUT2D eigenvalue weighted by Crippen LogP contribution is 2.39.